The average molecular weight is 318 g/mol. The van der Waals surface area contributed by atoms with Crippen LogP contribution >= 0.6 is 11.3 Å². The van der Waals surface area contributed by atoms with Gasteiger partial charge in [0.1, 0.15) is 0 Å². The molecule has 5 heteroatoms. The Labute approximate surface area is 134 Å². The average Bonchev–Trinajstić information content (AvgIpc) is 2.82. The van der Waals surface area contributed by atoms with E-state index < -0.39 is 0 Å². The van der Waals surface area contributed by atoms with Gasteiger partial charge < -0.3 is 9.88 Å². The lowest BCUT2D eigenvalue weighted by Crippen LogP contribution is -2.29. The first kappa shape index (κ1) is 16.5. The molecule has 1 heterocycles. The number of hydrogen-bond donors (Lipinski definition) is 1. The van der Waals surface area contributed by atoms with Crippen molar-refractivity contribution in [1.29, 1.82) is 0 Å². The maximum Gasteiger partial charge on any atom is 0.307 e. The molecule has 0 aliphatic carbocycles. The molecule has 118 valence electrons. The minimum Gasteiger partial charge on any atom is -0.349 e. The monoisotopic (exact) mass is 318 g/mol. The second-order valence-corrected chi connectivity index (χ2v) is 6.30. The molecule has 1 atom stereocenters. The van der Waals surface area contributed by atoms with Gasteiger partial charge in [0, 0.05) is 24.0 Å². The van der Waals surface area contributed by atoms with Gasteiger partial charge in [-0.05, 0) is 25.8 Å². The topological polar surface area (TPSA) is 51.1 Å². The van der Waals surface area contributed by atoms with Crippen molar-refractivity contribution in [2.24, 2.45) is 0 Å². The van der Waals surface area contributed by atoms with E-state index in [2.05, 4.69) is 36.5 Å². The van der Waals surface area contributed by atoms with Crippen molar-refractivity contribution < 1.29 is 4.79 Å². The first-order valence-electron chi connectivity index (χ1n) is 7.52. The largest absolute Gasteiger partial charge is 0.349 e. The van der Waals surface area contributed by atoms with E-state index in [1.54, 1.807) is 4.57 Å². The number of aromatic nitrogens is 1. The number of amides is 1. The standard InChI is InChI=1S/C17H22N2O2S/c1-4-15(14-7-5-12(2)6-8-14)18-16(20)9-10-19-13(3)11-22-17(19)21/h5-8,11,15H,4,9-10H2,1-3H3,(H,18,20). The predicted octanol–water partition coefficient (Wildman–Crippen LogP) is 3.18. The zero-order valence-corrected chi connectivity index (χ0v) is 14.1. The lowest BCUT2D eigenvalue weighted by Gasteiger charge is -2.18. The van der Waals surface area contributed by atoms with Gasteiger partial charge in [0.2, 0.25) is 5.91 Å². The summed E-state index contributed by atoms with van der Waals surface area (Å²) in [6, 6.07) is 8.24. The highest BCUT2D eigenvalue weighted by Gasteiger charge is 2.13. The summed E-state index contributed by atoms with van der Waals surface area (Å²) in [7, 11) is 0. The maximum absolute atomic E-state index is 12.1. The Morgan fingerprint density at radius 1 is 1.27 bits per heavy atom. The molecule has 1 aromatic carbocycles. The molecule has 0 saturated carbocycles. The number of hydrogen-bond acceptors (Lipinski definition) is 3. The summed E-state index contributed by atoms with van der Waals surface area (Å²) in [6.45, 7) is 6.42. The number of thiazole rings is 1. The van der Waals surface area contributed by atoms with Crippen LogP contribution < -0.4 is 10.2 Å². The Bertz CT molecular complexity index is 685. The molecule has 0 spiro atoms. The summed E-state index contributed by atoms with van der Waals surface area (Å²) in [5.41, 5.74) is 3.23. The molecule has 2 aromatic rings. The lowest BCUT2D eigenvalue weighted by molar-refractivity contribution is -0.122. The molecule has 0 saturated heterocycles. The maximum atomic E-state index is 12.1. The molecular formula is C17H22N2O2S. The summed E-state index contributed by atoms with van der Waals surface area (Å²) in [5, 5.41) is 4.87. The Kier molecular flexibility index (Phi) is 5.55. The predicted molar refractivity (Wildman–Crippen MR) is 90.3 cm³/mol. The van der Waals surface area contributed by atoms with Gasteiger partial charge in [0.25, 0.3) is 0 Å². The number of rotatable bonds is 6. The number of aryl methyl sites for hydroxylation is 2. The quantitative estimate of drug-likeness (QED) is 0.889. The van der Waals surface area contributed by atoms with Crippen molar-refractivity contribution >= 4 is 17.2 Å². The number of benzene rings is 1. The molecular weight excluding hydrogens is 296 g/mol. The Morgan fingerprint density at radius 3 is 2.50 bits per heavy atom. The highest BCUT2D eigenvalue weighted by atomic mass is 32.1. The second-order valence-electron chi connectivity index (χ2n) is 5.48. The summed E-state index contributed by atoms with van der Waals surface area (Å²) in [6.07, 6.45) is 1.16. The first-order valence-corrected chi connectivity index (χ1v) is 8.40. The van der Waals surface area contributed by atoms with Gasteiger partial charge in [0.15, 0.2) is 0 Å². The number of nitrogens with one attached hydrogen (secondary N) is 1. The van der Waals surface area contributed by atoms with Gasteiger partial charge >= 0.3 is 4.87 Å². The van der Waals surface area contributed by atoms with E-state index in [-0.39, 0.29) is 16.8 Å². The van der Waals surface area contributed by atoms with Crippen LogP contribution in [0.25, 0.3) is 0 Å². The fraction of sp³-hybridized carbons (Fsp3) is 0.412. The van der Waals surface area contributed by atoms with Crippen molar-refractivity contribution in [1.82, 2.24) is 9.88 Å². The van der Waals surface area contributed by atoms with Crippen LogP contribution in [0.1, 0.15) is 42.6 Å². The van der Waals surface area contributed by atoms with Crippen molar-refractivity contribution in [2.75, 3.05) is 0 Å². The van der Waals surface area contributed by atoms with Crippen LogP contribution in [0.5, 0.6) is 0 Å². The van der Waals surface area contributed by atoms with Crippen LogP contribution in [0.4, 0.5) is 0 Å². The third-order valence-corrected chi connectivity index (χ3v) is 4.64. The molecule has 4 nitrogen and oxygen atoms in total. The molecule has 0 aliphatic rings. The molecule has 1 N–H and O–H groups in total. The Balaban J connectivity index is 1.95. The van der Waals surface area contributed by atoms with Crippen LogP contribution in [0.2, 0.25) is 0 Å². The minimum atomic E-state index is -0.0232. The van der Waals surface area contributed by atoms with E-state index in [0.29, 0.717) is 13.0 Å². The smallest absolute Gasteiger partial charge is 0.307 e. The normalized spacial score (nSPS) is 12.1. The zero-order valence-electron chi connectivity index (χ0n) is 13.3. The van der Waals surface area contributed by atoms with Gasteiger partial charge in [-0.1, -0.05) is 48.1 Å². The van der Waals surface area contributed by atoms with E-state index in [1.165, 1.54) is 16.9 Å². The van der Waals surface area contributed by atoms with E-state index in [1.807, 2.05) is 19.2 Å². The van der Waals surface area contributed by atoms with Gasteiger partial charge in [-0.3, -0.25) is 9.59 Å². The van der Waals surface area contributed by atoms with E-state index in [9.17, 15) is 9.59 Å². The Hall–Kier alpha value is -1.88. The van der Waals surface area contributed by atoms with E-state index >= 15 is 0 Å². The molecule has 0 aliphatic heterocycles. The fourth-order valence-corrected chi connectivity index (χ4v) is 3.14. The SMILES string of the molecule is CCC(NC(=O)CCn1c(C)csc1=O)c1ccc(C)cc1. The molecule has 22 heavy (non-hydrogen) atoms. The van der Waals surface area contributed by atoms with Gasteiger partial charge in [0.05, 0.1) is 6.04 Å². The molecule has 2 rings (SSSR count). The lowest BCUT2D eigenvalue weighted by atomic mass is 10.0. The molecule has 1 amide bonds. The first-order chi connectivity index (χ1) is 10.5. The van der Waals surface area contributed by atoms with Gasteiger partial charge in [-0.2, -0.15) is 0 Å². The molecule has 0 radical (unpaired) electrons. The third-order valence-electron chi connectivity index (χ3n) is 3.76. The molecule has 1 unspecified atom stereocenters. The van der Waals surface area contributed by atoms with E-state index in [4.69, 9.17) is 0 Å². The second kappa shape index (κ2) is 7.40. The minimum absolute atomic E-state index is 0.00382. The summed E-state index contributed by atoms with van der Waals surface area (Å²) in [5.74, 6) is -0.0232. The van der Waals surface area contributed by atoms with Crippen LogP contribution in [0, 0.1) is 13.8 Å². The van der Waals surface area contributed by atoms with Gasteiger partial charge in [-0.15, -0.1) is 0 Å². The third kappa shape index (κ3) is 4.07. The fourth-order valence-electron chi connectivity index (χ4n) is 2.37. The van der Waals surface area contributed by atoms with Gasteiger partial charge in [-0.25, -0.2) is 0 Å². The highest BCUT2D eigenvalue weighted by molar-refractivity contribution is 7.07. The summed E-state index contributed by atoms with van der Waals surface area (Å²) in [4.78, 5) is 23.8. The molecule has 0 bridgehead atoms. The number of nitrogens with zero attached hydrogens (tertiary/aromatic N) is 1. The van der Waals surface area contributed by atoms with Crippen molar-refractivity contribution in [3.8, 4) is 0 Å². The van der Waals surface area contributed by atoms with Crippen LogP contribution in [0.15, 0.2) is 34.4 Å². The number of carbonyl (C=O) groups excluding carboxylic acids is 1. The van der Waals surface area contributed by atoms with Crippen molar-refractivity contribution in [3.63, 3.8) is 0 Å². The van der Waals surface area contributed by atoms with Crippen LogP contribution in [-0.2, 0) is 11.3 Å². The summed E-state index contributed by atoms with van der Waals surface area (Å²) >= 11 is 1.17. The van der Waals surface area contributed by atoms with E-state index in [0.717, 1.165) is 17.7 Å². The number of carbonyl (C=O) groups is 1. The van der Waals surface area contributed by atoms with Crippen molar-refractivity contribution in [3.05, 3.63) is 56.1 Å². The molecule has 1 aromatic heterocycles. The van der Waals surface area contributed by atoms with Crippen LogP contribution in [0.3, 0.4) is 0 Å². The van der Waals surface area contributed by atoms with Crippen LogP contribution in [-0.4, -0.2) is 10.5 Å². The zero-order chi connectivity index (χ0) is 16.1. The summed E-state index contributed by atoms with van der Waals surface area (Å²) < 4.78 is 1.65. The van der Waals surface area contributed by atoms with Crippen molar-refractivity contribution in [2.45, 2.75) is 46.2 Å². The molecule has 0 fully saturated rings. The highest BCUT2D eigenvalue weighted by Crippen LogP contribution is 2.17. The Morgan fingerprint density at radius 2 is 1.95 bits per heavy atom.